The van der Waals surface area contributed by atoms with Crippen LogP contribution >= 0.6 is 0 Å². The van der Waals surface area contributed by atoms with Gasteiger partial charge in [0.2, 0.25) is 0 Å². The molecule has 6 nitrogen and oxygen atoms in total. The molecular weight excluding hydrogens is 199 g/mol. The molecule has 0 N–H and O–H groups in total. The van der Waals surface area contributed by atoms with Gasteiger partial charge in [0, 0.05) is 0 Å². The first-order valence-electron chi connectivity index (χ1n) is 2.49. The molecule has 0 aliphatic heterocycles. The fourth-order valence-electron chi connectivity index (χ4n) is 0.347. The maximum Gasteiger partial charge on any atom is 1.00 e. The van der Waals surface area contributed by atoms with E-state index >= 15 is 0 Å². The monoisotopic (exact) mass is 204 g/mol. The van der Waals surface area contributed by atoms with E-state index in [2.05, 4.69) is 4.18 Å². The van der Waals surface area contributed by atoms with Crippen LogP contribution in [0.1, 0.15) is 13.3 Å². The van der Waals surface area contributed by atoms with Crippen molar-refractivity contribution in [2.75, 3.05) is 0 Å². The van der Waals surface area contributed by atoms with Crippen molar-refractivity contribution in [1.82, 2.24) is 0 Å². The number of Topliss-reactive ketones (excluding diaryl/α,β-unsaturated/α-hetero) is 1. The molecule has 12 heavy (non-hydrogen) atoms. The fraction of sp³-hybridized carbons (Fsp3) is 0.500. The third kappa shape index (κ3) is 10.0. The first-order chi connectivity index (χ1) is 4.81. The Morgan fingerprint density at radius 2 is 1.83 bits per heavy atom. The van der Waals surface area contributed by atoms with E-state index in [9.17, 15) is 22.6 Å². The van der Waals surface area contributed by atoms with Gasteiger partial charge in [0.25, 0.3) is 10.4 Å². The Morgan fingerprint density at radius 1 is 1.42 bits per heavy atom. The van der Waals surface area contributed by atoms with Gasteiger partial charge in [0.05, 0.1) is 0 Å². The minimum absolute atomic E-state index is 0. The van der Waals surface area contributed by atoms with Crippen LogP contribution in [0.2, 0.25) is 0 Å². The third-order valence-corrected chi connectivity index (χ3v) is 0.978. The molecule has 0 atom stereocenters. The summed E-state index contributed by atoms with van der Waals surface area (Å²) in [5.74, 6) is -1.92. The average Bonchev–Trinajstić information content (AvgIpc) is 1.53. The van der Waals surface area contributed by atoms with Crippen molar-refractivity contribution in [1.29, 1.82) is 0 Å². The van der Waals surface area contributed by atoms with Gasteiger partial charge in [-0.3, -0.25) is 9.59 Å². The van der Waals surface area contributed by atoms with Crippen LogP contribution in [0.15, 0.2) is 0 Å². The van der Waals surface area contributed by atoms with Crippen molar-refractivity contribution in [2.24, 2.45) is 0 Å². The van der Waals surface area contributed by atoms with E-state index in [-0.39, 0.29) is 29.6 Å². The Balaban J connectivity index is 0. The number of carbonyl (C=O) groups excluding carboxylic acids is 2. The third-order valence-electron chi connectivity index (χ3n) is 0.588. The molecule has 0 radical (unpaired) electrons. The molecule has 0 aliphatic rings. The summed E-state index contributed by atoms with van der Waals surface area (Å²) in [5.41, 5.74) is 0. The molecule has 0 aromatic heterocycles. The second kappa shape index (κ2) is 5.65. The molecule has 0 aliphatic carbocycles. The quantitative estimate of drug-likeness (QED) is 0.201. The second-order valence-corrected chi connectivity index (χ2v) is 2.73. The molecule has 0 fully saturated rings. The Hall–Kier alpha value is 0.0500. The summed E-state index contributed by atoms with van der Waals surface area (Å²) < 4.78 is 32.4. The van der Waals surface area contributed by atoms with E-state index in [1.807, 2.05) is 0 Å². The number of rotatable bonds is 3. The van der Waals surface area contributed by atoms with Crippen LogP contribution in [0.4, 0.5) is 0 Å². The van der Waals surface area contributed by atoms with Gasteiger partial charge >= 0.3 is 35.5 Å². The van der Waals surface area contributed by atoms with E-state index in [1.54, 1.807) is 0 Å². The van der Waals surface area contributed by atoms with Crippen molar-refractivity contribution in [3.63, 3.8) is 0 Å². The summed E-state index contributed by atoms with van der Waals surface area (Å²) in [4.78, 5) is 20.4. The zero-order chi connectivity index (χ0) is 9.07. The minimum atomic E-state index is -5.02. The van der Waals surface area contributed by atoms with Crippen molar-refractivity contribution in [3.05, 3.63) is 0 Å². The molecule has 0 spiro atoms. The molecule has 0 amide bonds. The molecule has 0 aromatic carbocycles. The van der Waals surface area contributed by atoms with E-state index in [0.29, 0.717) is 0 Å². The second-order valence-electron chi connectivity index (χ2n) is 1.74. The molecule has 0 unspecified atom stereocenters. The van der Waals surface area contributed by atoms with E-state index in [1.165, 1.54) is 0 Å². The van der Waals surface area contributed by atoms with Crippen LogP contribution < -0.4 is 29.6 Å². The van der Waals surface area contributed by atoms with Crippen LogP contribution in [0.5, 0.6) is 0 Å². The standard InChI is InChI=1S/C4H6O6S.Na/c1-3(5)2-4(6)10-11(7,8)9;/h2H2,1H3,(H,7,8,9);/q;+1/p-1. The van der Waals surface area contributed by atoms with Gasteiger partial charge < -0.3 is 8.74 Å². The topological polar surface area (TPSA) is 101 Å². The van der Waals surface area contributed by atoms with Crippen LogP contribution in [0, 0.1) is 0 Å². The molecular formula is C4H5NaO6S. The Kier molecular flexibility index (Phi) is 6.86. The smallest absolute Gasteiger partial charge is 0.716 e. The van der Waals surface area contributed by atoms with Crippen LogP contribution in [-0.2, 0) is 24.2 Å². The summed E-state index contributed by atoms with van der Waals surface area (Å²) in [5, 5.41) is 0. The first-order valence-corrected chi connectivity index (χ1v) is 3.82. The van der Waals surface area contributed by atoms with Gasteiger partial charge in [-0.05, 0) is 6.92 Å². The van der Waals surface area contributed by atoms with Gasteiger partial charge in [0.15, 0.2) is 0 Å². The predicted molar refractivity (Wildman–Crippen MR) is 31.1 cm³/mol. The van der Waals surface area contributed by atoms with Gasteiger partial charge in [-0.25, -0.2) is 8.42 Å². The number of carbonyl (C=O) groups is 2. The number of ketones is 1. The van der Waals surface area contributed by atoms with Gasteiger partial charge in [-0.15, -0.1) is 0 Å². The van der Waals surface area contributed by atoms with Crippen molar-refractivity contribution >= 4 is 22.2 Å². The van der Waals surface area contributed by atoms with Gasteiger partial charge in [-0.2, -0.15) is 0 Å². The summed E-state index contributed by atoms with van der Waals surface area (Å²) in [6, 6.07) is 0. The number of hydrogen-bond acceptors (Lipinski definition) is 6. The van der Waals surface area contributed by atoms with Crippen molar-refractivity contribution < 1.29 is 56.3 Å². The predicted octanol–water partition coefficient (Wildman–Crippen LogP) is -4.03. The maximum atomic E-state index is 10.2. The average molecular weight is 204 g/mol. The molecule has 0 bridgehead atoms. The Morgan fingerprint density at radius 3 is 2.08 bits per heavy atom. The molecule has 8 heteroatoms. The van der Waals surface area contributed by atoms with Crippen molar-refractivity contribution in [3.8, 4) is 0 Å². The zero-order valence-electron chi connectivity index (χ0n) is 6.56. The first kappa shape index (κ1) is 14.6. The van der Waals surface area contributed by atoms with Crippen LogP contribution in [0.3, 0.4) is 0 Å². The molecule has 0 aromatic rings. The van der Waals surface area contributed by atoms with E-state index < -0.39 is 28.6 Å². The SMILES string of the molecule is CC(=O)CC(=O)OS(=O)(=O)[O-].[Na+]. The van der Waals surface area contributed by atoms with Crippen molar-refractivity contribution in [2.45, 2.75) is 13.3 Å². The van der Waals surface area contributed by atoms with Gasteiger partial charge in [-0.1, -0.05) is 0 Å². The normalized spacial score (nSPS) is 9.83. The summed E-state index contributed by atoms with van der Waals surface area (Å²) in [6.45, 7) is 1.07. The van der Waals surface area contributed by atoms with E-state index in [0.717, 1.165) is 6.92 Å². The Bertz CT molecular complexity index is 267. The summed E-state index contributed by atoms with van der Waals surface area (Å²) in [6.07, 6.45) is -0.707. The zero-order valence-corrected chi connectivity index (χ0v) is 9.38. The summed E-state index contributed by atoms with van der Waals surface area (Å²) >= 11 is 0. The number of hydrogen-bond donors (Lipinski definition) is 0. The molecule has 0 saturated heterocycles. The summed E-state index contributed by atoms with van der Waals surface area (Å²) in [7, 11) is -5.02. The molecule has 64 valence electrons. The minimum Gasteiger partial charge on any atom is -0.716 e. The van der Waals surface area contributed by atoms with E-state index in [4.69, 9.17) is 0 Å². The maximum absolute atomic E-state index is 10.2. The van der Waals surface area contributed by atoms with Crippen LogP contribution in [0.25, 0.3) is 0 Å². The Labute approximate surface area is 91.5 Å². The fourth-order valence-corrected chi connectivity index (χ4v) is 0.633. The van der Waals surface area contributed by atoms with Gasteiger partial charge in [0.1, 0.15) is 12.2 Å². The largest absolute Gasteiger partial charge is 1.00 e. The molecule has 0 saturated carbocycles. The molecule has 0 heterocycles. The van der Waals surface area contributed by atoms with Crippen LogP contribution in [-0.4, -0.2) is 24.7 Å². The molecule has 0 rings (SSSR count).